The molecule has 2 saturated heterocycles. The molecular weight excluding hydrogens is 298 g/mol. The van der Waals surface area contributed by atoms with E-state index >= 15 is 0 Å². The highest BCUT2D eigenvalue weighted by atomic mass is 35.5. The Labute approximate surface area is 138 Å². The van der Waals surface area contributed by atoms with Crippen molar-refractivity contribution in [3.8, 4) is 0 Å². The molecule has 0 N–H and O–H groups in total. The minimum Gasteiger partial charge on any atom is -0.399 e. The summed E-state index contributed by atoms with van der Waals surface area (Å²) in [4.78, 5) is 0. The summed E-state index contributed by atoms with van der Waals surface area (Å²) in [7, 11) is -0.402. The Morgan fingerprint density at radius 1 is 1.05 bits per heavy atom. The summed E-state index contributed by atoms with van der Waals surface area (Å²) in [5.41, 5.74) is 1.51. The quantitative estimate of drug-likeness (QED) is 0.780. The van der Waals surface area contributed by atoms with E-state index < -0.39 is 7.12 Å². The van der Waals surface area contributed by atoms with Crippen LogP contribution in [0.25, 0.3) is 0 Å². The minimum atomic E-state index is -0.402. The maximum Gasteiger partial charge on any atom is 0.496 e. The first-order valence-corrected chi connectivity index (χ1v) is 8.41. The summed E-state index contributed by atoms with van der Waals surface area (Å²) in [6.45, 7) is 9.88. The van der Waals surface area contributed by atoms with Gasteiger partial charge in [-0.2, -0.15) is 0 Å². The minimum absolute atomic E-state index is 0.347. The molecule has 0 saturated carbocycles. The average molecular weight is 323 g/mol. The van der Waals surface area contributed by atoms with Crippen molar-refractivity contribution in [1.29, 1.82) is 0 Å². The van der Waals surface area contributed by atoms with Gasteiger partial charge in [0.1, 0.15) is 0 Å². The van der Waals surface area contributed by atoms with Crippen LogP contribution in [0.4, 0.5) is 0 Å². The van der Waals surface area contributed by atoms with E-state index in [0.717, 1.165) is 36.5 Å². The second kappa shape index (κ2) is 5.83. The first-order valence-electron chi connectivity index (χ1n) is 8.03. The topological polar surface area (TPSA) is 27.7 Å². The lowest BCUT2D eigenvalue weighted by Crippen LogP contribution is -2.41. The van der Waals surface area contributed by atoms with E-state index in [4.69, 9.17) is 25.6 Å². The van der Waals surface area contributed by atoms with Crippen LogP contribution in [0.1, 0.15) is 52.0 Å². The van der Waals surface area contributed by atoms with Crippen LogP contribution in [0, 0.1) is 0 Å². The van der Waals surface area contributed by atoms with E-state index in [1.54, 1.807) is 0 Å². The maximum atomic E-state index is 6.52. The summed E-state index contributed by atoms with van der Waals surface area (Å²) in [6.07, 6.45) is 2.12. The molecule has 3 rings (SSSR count). The molecule has 0 atom stereocenters. The van der Waals surface area contributed by atoms with Crippen LogP contribution in [-0.4, -0.2) is 31.5 Å². The predicted octanol–water partition coefficient (Wildman–Crippen LogP) is 3.53. The van der Waals surface area contributed by atoms with Gasteiger partial charge in [0.2, 0.25) is 0 Å². The third-order valence-electron chi connectivity index (χ3n) is 5.22. The molecule has 22 heavy (non-hydrogen) atoms. The molecule has 2 heterocycles. The highest BCUT2D eigenvalue weighted by molar-refractivity contribution is 6.65. The van der Waals surface area contributed by atoms with Crippen LogP contribution in [0.2, 0.25) is 5.02 Å². The maximum absolute atomic E-state index is 6.52. The second-order valence-corrected chi connectivity index (χ2v) is 7.66. The lowest BCUT2D eigenvalue weighted by Gasteiger charge is -2.32. The van der Waals surface area contributed by atoms with Crippen molar-refractivity contribution < 1.29 is 14.0 Å². The molecule has 0 amide bonds. The number of benzene rings is 1. The van der Waals surface area contributed by atoms with E-state index in [0.29, 0.717) is 5.92 Å². The first kappa shape index (κ1) is 16.3. The standard InChI is InChI=1S/C17H24BClO3/c1-16(2)17(3,4)22-18(21-16)14-6-5-13(11-15(14)19)12-7-9-20-10-8-12/h5-6,11-12H,7-10H2,1-4H3. The van der Waals surface area contributed by atoms with Gasteiger partial charge in [-0.1, -0.05) is 23.7 Å². The summed E-state index contributed by atoms with van der Waals surface area (Å²) in [5, 5.41) is 0.725. The van der Waals surface area contributed by atoms with Crippen molar-refractivity contribution in [2.75, 3.05) is 13.2 Å². The van der Waals surface area contributed by atoms with Crippen LogP contribution in [-0.2, 0) is 14.0 Å². The van der Waals surface area contributed by atoms with Gasteiger partial charge in [0, 0.05) is 23.7 Å². The lowest BCUT2D eigenvalue weighted by molar-refractivity contribution is 0.00578. The van der Waals surface area contributed by atoms with Crippen molar-refractivity contribution in [1.82, 2.24) is 0 Å². The molecule has 2 aliphatic heterocycles. The Morgan fingerprint density at radius 3 is 2.18 bits per heavy atom. The molecule has 2 aliphatic rings. The van der Waals surface area contributed by atoms with Gasteiger partial charge in [-0.3, -0.25) is 0 Å². The Hall–Kier alpha value is -0.545. The zero-order valence-electron chi connectivity index (χ0n) is 13.8. The number of ether oxygens (including phenoxy) is 1. The van der Waals surface area contributed by atoms with E-state index in [9.17, 15) is 0 Å². The fraction of sp³-hybridized carbons (Fsp3) is 0.647. The van der Waals surface area contributed by atoms with Gasteiger partial charge in [0.25, 0.3) is 0 Å². The molecule has 1 aromatic rings. The molecule has 3 nitrogen and oxygen atoms in total. The van der Waals surface area contributed by atoms with Gasteiger partial charge in [0.15, 0.2) is 0 Å². The highest BCUT2D eigenvalue weighted by Crippen LogP contribution is 2.37. The number of halogens is 1. The van der Waals surface area contributed by atoms with Gasteiger partial charge in [-0.15, -0.1) is 0 Å². The third kappa shape index (κ3) is 2.94. The van der Waals surface area contributed by atoms with E-state index in [1.807, 2.05) is 0 Å². The fourth-order valence-electron chi connectivity index (χ4n) is 2.99. The van der Waals surface area contributed by atoms with Crippen molar-refractivity contribution in [3.05, 3.63) is 28.8 Å². The van der Waals surface area contributed by atoms with Crippen LogP contribution >= 0.6 is 11.6 Å². The van der Waals surface area contributed by atoms with Crippen LogP contribution in [0.5, 0.6) is 0 Å². The molecule has 0 bridgehead atoms. The number of rotatable bonds is 2. The zero-order chi connectivity index (χ0) is 16.0. The number of hydrogen-bond donors (Lipinski definition) is 0. The SMILES string of the molecule is CC1(C)OB(c2ccc(C3CCOCC3)cc2Cl)OC1(C)C. The molecule has 0 aromatic heterocycles. The molecule has 0 radical (unpaired) electrons. The zero-order valence-corrected chi connectivity index (χ0v) is 14.6. The summed E-state index contributed by atoms with van der Waals surface area (Å²) >= 11 is 6.52. The van der Waals surface area contributed by atoms with Crippen molar-refractivity contribution in [2.24, 2.45) is 0 Å². The van der Waals surface area contributed by atoms with Crippen molar-refractivity contribution >= 4 is 24.2 Å². The second-order valence-electron chi connectivity index (χ2n) is 7.26. The Morgan fingerprint density at radius 2 is 1.64 bits per heavy atom. The Balaban J connectivity index is 1.81. The van der Waals surface area contributed by atoms with Gasteiger partial charge in [-0.25, -0.2) is 0 Å². The Kier molecular flexibility index (Phi) is 4.32. The highest BCUT2D eigenvalue weighted by Gasteiger charge is 2.52. The van der Waals surface area contributed by atoms with Crippen molar-refractivity contribution in [3.63, 3.8) is 0 Å². The monoisotopic (exact) mass is 322 g/mol. The van der Waals surface area contributed by atoms with Crippen molar-refractivity contribution in [2.45, 2.75) is 57.7 Å². The van der Waals surface area contributed by atoms with Gasteiger partial charge in [-0.05, 0) is 58.1 Å². The van der Waals surface area contributed by atoms with Gasteiger partial charge in [0.05, 0.1) is 11.2 Å². The number of hydrogen-bond acceptors (Lipinski definition) is 3. The van der Waals surface area contributed by atoms with E-state index in [2.05, 4.69) is 45.9 Å². The average Bonchev–Trinajstić information content (AvgIpc) is 2.68. The molecule has 0 aliphatic carbocycles. The molecule has 120 valence electrons. The van der Waals surface area contributed by atoms with Crippen LogP contribution in [0.15, 0.2) is 18.2 Å². The molecule has 0 spiro atoms. The summed E-state index contributed by atoms with van der Waals surface area (Å²) < 4.78 is 17.6. The summed E-state index contributed by atoms with van der Waals surface area (Å²) in [5.74, 6) is 0.540. The predicted molar refractivity (Wildman–Crippen MR) is 90.0 cm³/mol. The first-order chi connectivity index (χ1) is 10.3. The normalized spacial score (nSPS) is 24.7. The molecule has 5 heteroatoms. The molecule has 1 aromatic carbocycles. The lowest BCUT2D eigenvalue weighted by atomic mass is 9.77. The summed E-state index contributed by atoms with van der Waals surface area (Å²) in [6, 6.07) is 6.27. The van der Waals surface area contributed by atoms with Gasteiger partial charge >= 0.3 is 7.12 Å². The fourth-order valence-corrected chi connectivity index (χ4v) is 3.27. The van der Waals surface area contributed by atoms with Crippen LogP contribution < -0.4 is 5.46 Å². The molecule has 0 unspecified atom stereocenters. The van der Waals surface area contributed by atoms with E-state index in [-0.39, 0.29) is 11.2 Å². The molecule has 2 fully saturated rings. The van der Waals surface area contributed by atoms with Gasteiger partial charge < -0.3 is 14.0 Å². The Bertz CT molecular complexity index is 537. The molecular formula is C17H24BClO3. The smallest absolute Gasteiger partial charge is 0.399 e. The largest absolute Gasteiger partial charge is 0.496 e. The van der Waals surface area contributed by atoms with Crippen LogP contribution in [0.3, 0.4) is 0 Å². The van der Waals surface area contributed by atoms with E-state index in [1.165, 1.54) is 5.56 Å². The third-order valence-corrected chi connectivity index (χ3v) is 5.55.